The zero-order chi connectivity index (χ0) is 19.4. The van der Waals surface area contributed by atoms with Crippen LogP contribution in [0.15, 0.2) is 18.2 Å². The summed E-state index contributed by atoms with van der Waals surface area (Å²) in [5, 5.41) is 0. The summed E-state index contributed by atoms with van der Waals surface area (Å²) < 4.78 is 16.8. The number of carbonyl (C=O) groups excluding carboxylic acids is 2. The average molecular weight is 375 g/mol. The van der Waals surface area contributed by atoms with Crippen LogP contribution in [0.5, 0.6) is 11.5 Å². The number of benzene rings is 1. The van der Waals surface area contributed by atoms with Crippen molar-refractivity contribution in [3.05, 3.63) is 23.8 Å². The first-order valence-corrected chi connectivity index (χ1v) is 9.73. The van der Waals surface area contributed by atoms with Crippen LogP contribution in [0.25, 0.3) is 0 Å². The van der Waals surface area contributed by atoms with Crippen LogP contribution in [0.1, 0.15) is 44.6 Å². The van der Waals surface area contributed by atoms with E-state index in [0.29, 0.717) is 24.5 Å². The minimum Gasteiger partial charge on any atom is -0.493 e. The molecule has 2 fully saturated rings. The van der Waals surface area contributed by atoms with Crippen molar-refractivity contribution in [2.24, 2.45) is 5.92 Å². The third-order valence-corrected chi connectivity index (χ3v) is 5.58. The molecule has 148 valence electrons. The molecule has 1 saturated carbocycles. The first-order chi connectivity index (χ1) is 13.0. The fourth-order valence-electron chi connectivity index (χ4n) is 4.09. The molecule has 0 unspecified atom stereocenters. The highest BCUT2D eigenvalue weighted by molar-refractivity contribution is 6.03. The van der Waals surface area contributed by atoms with Gasteiger partial charge in [0.2, 0.25) is 11.8 Å². The molecule has 1 aliphatic carbocycles. The van der Waals surface area contributed by atoms with E-state index in [1.807, 2.05) is 25.1 Å². The van der Waals surface area contributed by atoms with E-state index < -0.39 is 0 Å². The van der Waals surface area contributed by atoms with Gasteiger partial charge < -0.3 is 14.2 Å². The molecule has 2 aliphatic rings. The number of amides is 2. The Morgan fingerprint density at radius 1 is 1.07 bits per heavy atom. The SMILES string of the molecule is COc1ccc(CCO[C@H]2CCCC[C@H]2N2C(=O)C[C@@H](C)C2=O)cc1OC. The Morgan fingerprint density at radius 2 is 1.81 bits per heavy atom. The van der Waals surface area contributed by atoms with Crippen molar-refractivity contribution in [3.63, 3.8) is 0 Å². The monoisotopic (exact) mass is 375 g/mol. The lowest BCUT2D eigenvalue weighted by Gasteiger charge is -2.36. The standard InChI is InChI=1S/C21H29NO5/c1-14-12-20(23)22(21(14)24)16-6-4-5-7-17(16)27-11-10-15-8-9-18(25-2)19(13-15)26-3/h8-9,13-14,16-17H,4-7,10-12H2,1-3H3/t14-,16-,17+/m1/s1. The van der Waals surface area contributed by atoms with Gasteiger partial charge in [-0.05, 0) is 37.0 Å². The van der Waals surface area contributed by atoms with Gasteiger partial charge in [0.15, 0.2) is 11.5 Å². The zero-order valence-corrected chi connectivity index (χ0v) is 16.4. The summed E-state index contributed by atoms with van der Waals surface area (Å²) in [5.41, 5.74) is 1.10. The van der Waals surface area contributed by atoms with E-state index in [1.54, 1.807) is 14.2 Å². The van der Waals surface area contributed by atoms with Gasteiger partial charge in [-0.2, -0.15) is 0 Å². The topological polar surface area (TPSA) is 65.1 Å². The first kappa shape index (κ1) is 19.7. The number of carbonyl (C=O) groups is 2. The highest BCUT2D eigenvalue weighted by Gasteiger charge is 2.43. The molecular formula is C21H29NO5. The van der Waals surface area contributed by atoms with E-state index >= 15 is 0 Å². The van der Waals surface area contributed by atoms with Crippen molar-refractivity contribution >= 4 is 11.8 Å². The third kappa shape index (κ3) is 4.26. The summed E-state index contributed by atoms with van der Waals surface area (Å²) in [6.45, 7) is 2.37. The van der Waals surface area contributed by atoms with Crippen LogP contribution < -0.4 is 9.47 Å². The molecule has 3 atom stereocenters. The molecule has 0 aromatic heterocycles. The number of hydrogen-bond acceptors (Lipinski definition) is 5. The van der Waals surface area contributed by atoms with Crippen molar-refractivity contribution in [1.29, 1.82) is 0 Å². The fraction of sp³-hybridized carbons (Fsp3) is 0.619. The summed E-state index contributed by atoms with van der Waals surface area (Å²) in [7, 11) is 3.24. The molecule has 1 heterocycles. The molecule has 1 aromatic carbocycles. The van der Waals surface area contributed by atoms with E-state index in [0.717, 1.165) is 37.7 Å². The van der Waals surface area contributed by atoms with Crippen molar-refractivity contribution in [2.75, 3.05) is 20.8 Å². The Morgan fingerprint density at radius 3 is 2.48 bits per heavy atom. The van der Waals surface area contributed by atoms with Crippen LogP contribution in [0.3, 0.4) is 0 Å². The van der Waals surface area contributed by atoms with E-state index in [4.69, 9.17) is 14.2 Å². The number of likely N-dealkylation sites (tertiary alicyclic amines) is 1. The van der Waals surface area contributed by atoms with Crippen molar-refractivity contribution in [3.8, 4) is 11.5 Å². The molecule has 1 aliphatic heterocycles. The third-order valence-electron chi connectivity index (χ3n) is 5.58. The molecular weight excluding hydrogens is 346 g/mol. The Kier molecular flexibility index (Phi) is 6.37. The molecule has 1 aromatic rings. The lowest BCUT2D eigenvalue weighted by atomic mass is 9.91. The van der Waals surface area contributed by atoms with Gasteiger partial charge in [-0.1, -0.05) is 25.8 Å². The summed E-state index contributed by atoms with van der Waals surface area (Å²) in [4.78, 5) is 26.2. The first-order valence-electron chi connectivity index (χ1n) is 9.73. The molecule has 0 radical (unpaired) electrons. The normalized spacial score (nSPS) is 25.7. The van der Waals surface area contributed by atoms with E-state index in [1.165, 1.54) is 4.90 Å². The quantitative estimate of drug-likeness (QED) is 0.686. The maximum Gasteiger partial charge on any atom is 0.232 e. The zero-order valence-electron chi connectivity index (χ0n) is 16.4. The Balaban J connectivity index is 1.61. The molecule has 6 heteroatoms. The van der Waals surface area contributed by atoms with Crippen LogP contribution in [-0.2, 0) is 20.7 Å². The predicted molar refractivity (Wildman–Crippen MR) is 101 cm³/mol. The largest absolute Gasteiger partial charge is 0.493 e. The number of hydrogen-bond donors (Lipinski definition) is 0. The second kappa shape index (κ2) is 8.74. The van der Waals surface area contributed by atoms with Gasteiger partial charge >= 0.3 is 0 Å². The summed E-state index contributed by atoms with van der Waals surface area (Å²) >= 11 is 0. The number of imide groups is 1. The maximum atomic E-state index is 12.4. The summed E-state index contributed by atoms with van der Waals surface area (Å²) in [6.07, 6.45) is 4.83. The van der Waals surface area contributed by atoms with Crippen LogP contribution in [0, 0.1) is 5.92 Å². The molecule has 0 N–H and O–H groups in total. The average Bonchev–Trinajstić information content (AvgIpc) is 2.93. The van der Waals surface area contributed by atoms with Gasteiger partial charge in [0.05, 0.1) is 33.0 Å². The summed E-state index contributed by atoms with van der Waals surface area (Å²) in [6, 6.07) is 5.73. The van der Waals surface area contributed by atoms with Crippen molar-refractivity contribution in [2.45, 2.75) is 57.6 Å². The van der Waals surface area contributed by atoms with Gasteiger partial charge in [-0.3, -0.25) is 14.5 Å². The molecule has 0 spiro atoms. The van der Waals surface area contributed by atoms with Gasteiger partial charge in [0.25, 0.3) is 0 Å². The number of methoxy groups -OCH3 is 2. The molecule has 27 heavy (non-hydrogen) atoms. The smallest absolute Gasteiger partial charge is 0.232 e. The lowest BCUT2D eigenvalue weighted by molar-refractivity contribution is -0.147. The maximum absolute atomic E-state index is 12.4. The lowest BCUT2D eigenvalue weighted by Crippen LogP contribution is -2.49. The van der Waals surface area contributed by atoms with Crippen LogP contribution >= 0.6 is 0 Å². The van der Waals surface area contributed by atoms with Crippen LogP contribution in [0.2, 0.25) is 0 Å². The number of rotatable bonds is 7. The second-order valence-electron chi connectivity index (χ2n) is 7.41. The van der Waals surface area contributed by atoms with Gasteiger partial charge in [0.1, 0.15) is 0 Å². The molecule has 2 amide bonds. The molecule has 6 nitrogen and oxygen atoms in total. The van der Waals surface area contributed by atoms with Crippen LogP contribution in [-0.4, -0.2) is 49.7 Å². The Labute approximate surface area is 160 Å². The predicted octanol–water partition coefficient (Wildman–Crippen LogP) is 2.97. The molecule has 1 saturated heterocycles. The number of ether oxygens (including phenoxy) is 3. The van der Waals surface area contributed by atoms with Gasteiger partial charge in [-0.15, -0.1) is 0 Å². The van der Waals surface area contributed by atoms with E-state index in [2.05, 4.69) is 0 Å². The highest BCUT2D eigenvalue weighted by atomic mass is 16.5. The highest BCUT2D eigenvalue weighted by Crippen LogP contribution is 2.32. The van der Waals surface area contributed by atoms with E-state index in [9.17, 15) is 9.59 Å². The molecule has 3 rings (SSSR count). The Hall–Kier alpha value is -2.08. The van der Waals surface area contributed by atoms with Gasteiger partial charge in [-0.25, -0.2) is 0 Å². The summed E-state index contributed by atoms with van der Waals surface area (Å²) in [5.74, 6) is 1.11. The van der Waals surface area contributed by atoms with Gasteiger partial charge in [0, 0.05) is 12.3 Å². The fourth-order valence-corrected chi connectivity index (χ4v) is 4.09. The Bertz CT molecular complexity index is 689. The minimum atomic E-state index is -0.202. The van der Waals surface area contributed by atoms with E-state index in [-0.39, 0.29) is 29.9 Å². The second-order valence-corrected chi connectivity index (χ2v) is 7.41. The number of nitrogens with zero attached hydrogens (tertiary/aromatic N) is 1. The minimum absolute atomic E-state index is 0.0413. The van der Waals surface area contributed by atoms with Crippen molar-refractivity contribution < 1.29 is 23.8 Å². The molecule has 0 bridgehead atoms. The van der Waals surface area contributed by atoms with Crippen molar-refractivity contribution in [1.82, 2.24) is 4.90 Å². The van der Waals surface area contributed by atoms with Crippen LogP contribution in [0.4, 0.5) is 0 Å².